The minimum absolute atomic E-state index is 0.0121. The molecule has 0 fully saturated rings. The Bertz CT molecular complexity index is 541. The number of allylic oxidation sites excluding steroid dienone is 1. The second-order valence-electron chi connectivity index (χ2n) is 4.14. The number of hydrogen-bond donors (Lipinski definition) is 4. The molecule has 0 amide bonds. The van der Waals surface area contributed by atoms with Crippen LogP contribution in [0.1, 0.15) is 16.8 Å². The fourth-order valence-electron chi connectivity index (χ4n) is 1.74. The first-order valence-electron chi connectivity index (χ1n) is 5.29. The van der Waals surface area contributed by atoms with Gasteiger partial charge in [-0.15, -0.1) is 0 Å². The standard InChI is InChI=1S/C13H12O5/c14-9-3-1-8(2-4-9)12(17)13(18)6-5-10(15)11(16)7-13/h1-6,14-16,18H,7H2. The maximum Gasteiger partial charge on any atom is 0.198 e. The monoisotopic (exact) mass is 248 g/mol. The van der Waals surface area contributed by atoms with Gasteiger partial charge in [0.05, 0.1) is 0 Å². The zero-order valence-electron chi connectivity index (χ0n) is 9.37. The Kier molecular flexibility index (Phi) is 2.84. The van der Waals surface area contributed by atoms with E-state index in [1.807, 2.05) is 0 Å². The summed E-state index contributed by atoms with van der Waals surface area (Å²) in [6.45, 7) is 0. The molecule has 5 nitrogen and oxygen atoms in total. The Morgan fingerprint density at radius 2 is 1.72 bits per heavy atom. The number of phenols is 1. The van der Waals surface area contributed by atoms with Crippen LogP contribution in [0.4, 0.5) is 0 Å². The lowest BCUT2D eigenvalue weighted by molar-refractivity contribution is 0.0467. The molecule has 5 heteroatoms. The molecule has 0 bridgehead atoms. The van der Waals surface area contributed by atoms with Crippen molar-refractivity contribution >= 4 is 5.78 Å². The van der Waals surface area contributed by atoms with Crippen molar-refractivity contribution in [2.45, 2.75) is 12.0 Å². The molecular weight excluding hydrogens is 236 g/mol. The van der Waals surface area contributed by atoms with Crippen LogP contribution >= 0.6 is 0 Å². The minimum atomic E-state index is -1.88. The molecular formula is C13H12O5. The van der Waals surface area contributed by atoms with E-state index in [4.69, 9.17) is 5.11 Å². The van der Waals surface area contributed by atoms with Crippen molar-refractivity contribution in [1.82, 2.24) is 0 Å². The highest BCUT2D eigenvalue weighted by atomic mass is 16.3. The molecule has 1 aliphatic carbocycles. The maximum atomic E-state index is 12.1. The van der Waals surface area contributed by atoms with Crippen LogP contribution in [-0.4, -0.2) is 31.8 Å². The lowest BCUT2D eigenvalue weighted by Crippen LogP contribution is -2.38. The fraction of sp³-hybridized carbons (Fsp3) is 0.154. The van der Waals surface area contributed by atoms with Gasteiger partial charge in [-0.1, -0.05) is 0 Å². The number of benzene rings is 1. The van der Waals surface area contributed by atoms with Gasteiger partial charge < -0.3 is 20.4 Å². The van der Waals surface area contributed by atoms with Crippen molar-refractivity contribution in [2.24, 2.45) is 0 Å². The Hall–Kier alpha value is -2.27. The van der Waals surface area contributed by atoms with Crippen molar-refractivity contribution in [1.29, 1.82) is 0 Å². The number of Topliss-reactive ketones (excluding diaryl/α,β-unsaturated/α-hetero) is 1. The molecule has 2 rings (SSSR count). The first-order valence-corrected chi connectivity index (χ1v) is 5.29. The van der Waals surface area contributed by atoms with Gasteiger partial charge in [-0.05, 0) is 36.4 Å². The summed E-state index contributed by atoms with van der Waals surface area (Å²) < 4.78 is 0. The number of aliphatic hydroxyl groups excluding tert-OH is 2. The van der Waals surface area contributed by atoms with Crippen LogP contribution in [-0.2, 0) is 0 Å². The largest absolute Gasteiger partial charge is 0.508 e. The number of aromatic hydroxyl groups is 1. The molecule has 18 heavy (non-hydrogen) atoms. The van der Waals surface area contributed by atoms with E-state index in [1.165, 1.54) is 24.3 Å². The maximum absolute atomic E-state index is 12.1. The molecule has 1 atom stereocenters. The summed E-state index contributed by atoms with van der Waals surface area (Å²) in [4.78, 5) is 12.1. The number of hydrogen-bond acceptors (Lipinski definition) is 5. The topological polar surface area (TPSA) is 98.0 Å². The molecule has 1 aromatic carbocycles. The molecule has 0 saturated carbocycles. The first-order chi connectivity index (χ1) is 8.42. The van der Waals surface area contributed by atoms with Crippen molar-refractivity contribution in [2.75, 3.05) is 0 Å². The fourth-order valence-corrected chi connectivity index (χ4v) is 1.74. The van der Waals surface area contributed by atoms with Crippen molar-refractivity contribution in [3.63, 3.8) is 0 Å². The van der Waals surface area contributed by atoms with Crippen LogP contribution < -0.4 is 0 Å². The Morgan fingerprint density at radius 1 is 1.11 bits per heavy atom. The summed E-state index contributed by atoms with van der Waals surface area (Å²) in [5.41, 5.74) is -1.68. The minimum Gasteiger partial charge on any atom is -0.508 e. The van der Waals surface area contributed by atoms with Crippen molar-refractivity contribution < 1.29 is 25.2 Å². The normalized spacial score (nSPS) is 23.2. The molecule has 0 heterocycles. The summed E-state index contributed by atoms with van der Waals surface area (Å²) >= 11 is 0. The number of phenolic OH excluding ortho intramolecular Hbond substituents is 1. The van der Waals surface area contributed by atoms with Crippen LogP contribution in [0.3, 0.4) is 0 Å². The highest BCUT2D eigenvalue weighted by Crippen LogP contribution is 2.28. The van der Waals surface area contributed by atoms with E-state index in [1.54, 1.807) is 0 Å². The molecule has 1 aromatic rings. The second kappa shape index (κ2) is 4.19. The van der Waals surface area contributed by atoms with Gasteiger partial charge in [0.15, 0.2) is 17.1 Å². The van der Waals surface area contributed by atoms with Gasteiger partial charge in [0, 0.05) is 12.0 Å². The zero-order valence-corrected chi connectivity index (χ0v) is 9.37. The van der Waals surface area contributed by atoms with Gasteiger partial charge in [-0.3, -0.25) is 4.79 Å². The van der Waals surface area contributed by atoms with Gasteiger partial charge in [-0.2, -0.15) is 0 Å². The van der Waals surface area contributed by atoms with Crippen molar-refractivity contribution in [3.05, 3.63) is 53.5 Å². The Labute approximate surface area is 103 Å². The van der Waals surface area contributed by atoms with Crippen LogP contribution in [0.5, 0.6) is 5.75 Å². The predicted octanol–water partition coefficient (Wildman–Crippen LogP) is 1.59. The average molecular weight is 248 g/mol. The molecule has 0 spiro atoms. The average Bonchev–Trinajstić information content (AvgIpc) is 2.34. The van der Waals surface area contributed by atoms with Crippen LogP contribution in [0, 0.1) is 0 Å². The first kappa shape index (κ1) is 12.2. The molecule has 0 aromatic heterocycles. The van der Waals surface area contributed by atoms with Gasteiger partial charge in [0.1, 0.15) is 11.5 Å². The number of aliphatic hydroxyl groups is 3. The third-order valence-electron chi connectivity index (χ3n) is 2.77. The molecule has 94 valence electrons. The summed E-state index contributed by atoms with van der Waals surface area (Å²) in [5.74, 6) is -1.40. The van der Waals surface area contributed by atoms with E-state index in [0.29, 0.717) is 0 Å². The predicted molar refractivity (Wildman–Crippen MR) is 63.4 cm³/mol. The molecule has 0 aliphatic heterocycles. The SMILES string of the molecule is O=C(c1ccc(O)cc1)C1(O)C=CC(O)=C(O)C1. The van der Waals surface area contributed by atoms with Crippen LogP contribution in [0.25, 0.3) is 0 Å². The third kappa shape index (κ3) is 2.08. The summed E-state index contributed by atoms with van der Waals surface area (Å²) in [5, 5.41) is 37.8. The van der Waals surface area contributed by atoms with Crippen LogP contribution in [0.15, 0.2) is 47.9 Å². The quantitative estimate of drug-likeness (QED) is 0.596. The lowest BCUT2D eigenvalue weighted by Gasteiger charge is -2.25. The second-order valence-corrected chi connectivity index (χ2v) is 4.14. The summed E-state index contributed by atoms with van der Waals surface area (Å²) in [7, 11) is 0. The smallest absolute Gasteiger partial charge is 0.198 e. The molecule has 0 saturated heterocycles. The van der Waals surface area contributed by atoms with E-state index in [9.17, 15) is 20.1 Å². The number of carbonyl (C=O) groups excluding carboxylic acids is 1. The van der Waals surface area contributed by atoms with Gasteiger partial charge in [-0.25, -0.2) is 0 Å². The van der Waals surface area contributed by atoms with E-state index >= 15 is 0 Å². The van der Waals surface area contributed by atoms with Crippen LogP contribution in [0.2, 0.25) is 0 Å². The van der Waals surface area contributed by atoms with Gasteiger partial charge in [0.2, 0.25) is 0 Å². The molecule has 4 N–H and O–H groups in total. The lowest BCUT2D eigenvalue weighted by atomic mass is 9.86. The van der Waals surface area contributed by atoms with Gasteiger partial charge in [0.25, 0.3) is 0 Å². The number of ketones is 1. The summed E-state index contributed by atoms with van der Waals surface area (Å²) in [6.07, 6.45) is 1.84. The number of rotatable bonds is 2. The van der Waals surface area contributed by atoms with E-state index in [2.05, 4.69) is 0 Å². The Morgan fingerprint density at radius 3 is 2.28 bits per heavy atom. The zero-order chi connectivity index (χ0) is 13.3. The third-order valence-corrected chi connectivity index (χ3v) is 2.77. The van der Waals surface area contributed by atoms with E-state index in [-0.39, 0.29) is 23.5 Å². The van der Waals surface area contributed by atoms with E-state index in [0.717, 1.165) is 12.2 Å². The van der Waals surface area contributed by atoms with Gasteiger partial charge >= 0.3 is 0 Å². The number of carbonyl (C=O) groups is 1. The molecule has 0 radical (unpaired) electrons. The molecule has 1 unspecified atom stereocenters. The highest BCUT2D eigenvalue weighted by molar-refractivity contribution is 6.04. The summed E-state index contributed by atoms with van der Waals surface area (Å²) in [6, 6.07) is 5.41. The Balaban J connectivity index is 2.30. The van der Waals surface area contributed by atoms with E-state index < -0.39 is 17.1 Å². The van der Waals surface area contributed by atoms with Crippen molar-refractivity contribution in [3.8, 4) is 5.75 Å². The molecule has 1 aliphatic rings. The highest BCUT2D eigenvalue weighted by Gasteiger charge is 2.37.